The van der Waals surface area contributed by atoms with Crippen molar-refractivity contribution in [2.24, 2.45) is 29.6 Å². The van der Waals surface area contributed by atoms with E-state index in [0.29, 0.717) is 37.1 Å². The summed E-state index contributed by atoms with van der Waals surface area (Å²) in [5.74, 6) is 1.56. The Morgan fingerprint density at radius 2 is 1.97 bits per heavy atom. The van der Waals surface area contributed by atoms with Gasteiger partial charge in [0.1, 0.15) is 12.8 Å². The fourth-order valence-electron chi connectivity index (χ4n) is 6.22. The molecule has 4 rings (SSSR count). The second-order valence-electron chi connectivity index (χ2n) is 10.1. The van der Waals surface area contributed by atoms with Gasteiger partial charge in [-0.1, -0.05) is 13.8 Å². The predicted octanol–water partition coefficient (Wildman–Crippen LogP) is 0.737. The molecule has 3 heterocycles. The third-order valence-corrected chi connectivity index (χ3v) is 8.34. The lowest BCUT2D eigenvalue weighted by Crippen LogP contribution is -2.82. The summed E-state index contributed by atoms with van der Waals surface area (Å²) in [6, 6.07) is 0. The predicted molar refractivity (Wildman–Crippen MR) is 112 cm³/mol. The summed E-state index contributed by atoms with van der Waals surface area (Å²) in [6.45, 7) is 11.8. The maximum atomic E-state index is 12.7. The van der Waals surface area contributed by atoms with Crippen LogP contribution in [0.15, 0.2) is 0 Å². The summed E-state index contributed by atoms with van der Waals surface area (Å²) in [6.07, 6.45) is 4.39. The quantitative estimate of drug-likeness (QED) is 0.467. The van der Waals surface area contributed by atoms with E-state index in [1.165, 1.54) is 6.54 Å². The molecule has 4 aliphatic rings. The lowest BCUT2D eigenvalue weighted by atomic mass is 9.65. The van der Waals surface area contributed by atoms with Crippen LogP contribution in [-0.2, 0) is 19.1 Å². The van der Waals surface area contributed by atoms with Gasteiger partial charge in [0.2, 0.25) is 5.91 Å². The number of carbonyl (C=O) groups is 2. The molecule has 3 saturated heterocycles. The van der Waals surface area contributed by atoms with E-state index in [4.69, 9.17) is 9.47 Å². The molecule has 30 heavy (non-hydrogen) atoms. The van der Waals surface area contributed by atoms with Crippen LogP contribution >= 0.6 is 0 Å². The molecule has 3 N–H and O–H groups in total. The molecule has 7 heteroatoms. The number of nitrogens with one attached hydrogen (secondary N) is 1. The summed E-state index contributed by atoms with van der Waals surface area (Å²) in [5.41, 5.74) is 0. The van der Waals surface area contributed by atoms with Crippen molar-refractivity contribution in [1.29, 1.82) is 0 Å². The number of hydrogen-bond acceptors (Lipinski definition) is 5. The first-order valence-electron chi connectivity index (χ1n) is 12.1. The topological polar surface area (TPSA) is 84.5 Å². The average molecular weight is 423 g/mol. The van der Waals surface area contributed by atoms with Gasteiger partial charge >= 0.3 is 5.97 Å². The van der Waals surface area contributed by atoms with Gasteiger partial charge in [-0.25, -0.2) is 0 Å². The molecular weight excluding hydrogens is 382 g/mol. The van der Waals surface area contributed by atoms with Gasteiger partial charge in [0.05, 0.1) is 31.2 Å². The molecular formula is C23H40N3O4+. The molecule has 0 aromatic rings. The highest BCUT2D eigenvalue weighted by Gasteiger charge is 2.53. The van der Waals surface area contributed by atoms with Crippen molar-refractivity contribution in [3.05, 3.63) is 0 Å². The van der Waals surface area contributed by atoms with E-state index in [1.54, 1.807) is 0 Å². The van der Waals surface area contributed by atoms with Crippen LogP contribution in [0, 0.1) is 29.6 Å². The number of esters is 1. The molecule has 8 atom stereocenters. The van der Waals surface area contributed by atoms with Crippen LogP contribution < -0.4 is 10.6 Å². The average Bonchev–Trinajstić information content (AvgIpc) is 3.32. The van der Waals surface area contributed by atoms with Crippen LogP contribution in [0.1, 0.15) is 52.9 Å². The van der Waals surface area contributed by atoms with Gasteiger partial charge in [0.25, 0.3) is 0 Å². The third kappa shape index (κ3) is 4.68. The molecule has 1 amide bonds. The Labute approximate surface area is 180 Å². The number of nitrogens with zero attached hydrogens (tertiary/aromatic N) is 1. The number of rotatable bonds is 7. The third-order valence-electron chi connectivity index (χ3n) is 8.34. The monoisotopic (exact) mass is 422 g/mol. The van der Waals surface area contributed by atoms with Crippen LogP contribution in [0.25, 0.3) is 0 Å². The first-order chi connectivity index (χ1) is 14.4. The Balaban J connectivity index is 1.22. The fraction of sp³-hybridized carbons (Fsp3) is 0.913. The lowest BCUT2D eigenvalue weighted by molar-refractivity contribution is -0.642. The molecule has 1 aliphatic carbocycles. The van der Waals surface area contributed by atoms with E-state index in [9.17, 15) is 9.59 Å². The van der Waals surface area contributed by atoms with E-state index >= 15 is 0 Å². The van der Waals surface area contributed by atoms with Gasteiger partial charge in [-0.3, -0.25) is 14.5 Å². The van der Waals surface area contributed by atoms with Crippen LogP contribution in [0.4, 0.5) is 0 Å². The van der Waals surface area contributed by atoms with Gasteiger partial charge in [0.15, 0.2) is 0 Å². The van der Waals surface area contributed by atoms with E-state index < -0.39 is 0 Å². The Bertz CT molecular complexity index is 624. The Kier molecular flexibility index (Phi) is 7.00. The highest BCUT2D eigenvalue weighted by atomic mass is 16.6. The first kappa shape index (κ1) is 22.0. The van der Waals surface area contributed by atoms with Crippen molar-refractivity contribution < 1.29 is 24.4 Å². The van der Waals surface area contributed by atoms with Crippen molar-refractivity contribution in [2.75, 3.05) is 32.8 Å². The number of ether oxygens (including phenoxy) is 2. The van der Waals surface area contributed by atoms with E-state index in [1.807, 2.05) is 0 Å². The molecule has 0 aromatic heterocycles. The van der Waals surface area contributed by atoms with Gasteiger partial charge < -0.3 is 20.1 Å². The minimum Gasteiger partial charge on any atom is -0.462 e. The number of hydrogen-bond donors (Lipinski definition) is 2. The molecule has 0 bridgehead atoms. The second-order valence-corrected chi connectivity index (χ2v) is 10.1. The van der Waals surface area contributed by atoms with E-state index in [2.05, 4.69) is 36.3 Å². The summed E-state index contributed by atoms with van der Waals surface area (Å²) in [4.78, 5) is 27.4. The molecule has 0 aromatic carbocycles. The van der Waals surface area contributed by atoms with Gasteiger partial charge in [-0.2, -0.15) is 0 Å². The largest absolute Gasteiger partial charge is 0.462 e. The van der Waals surface area contributed by atoms with Gasteiger partial charge in [-0.05, 0) is 49.9 Å². The number of fused-ring (bicyclic) bond motifs is 2. The summed E-state index contributed by atoms with van der Waals surface area (Å²) < 4.78 is 12.0. The molecule has 1 saturated carbocycles. The minimum atomic E-state index is -0.163. The molecule has 3 aliphatic heterocycles. The number of carbonyl (C=O) groups excluding carboxylic acids is 2. The van der Waals surface area contributed by atoms with Crippen LogP contribution in [-0.4, -0.2) is 67.9 Å². The minimum absolute atomic E-state index is 0.0147. The molecule has 0 radical (unpaired) electrons. The Hall–Kier alpha value is -1.18. The van der Waals surface area contributed by atoms with Crippen molar-refractivity contribution in [2.45, 2.75) is 71.2 Å². The maximum absolute atomic E-state index is 12.7. The highest BCUT2D eigenvalue weighted by molar-refractivity contribution is 5.78. The summed E-state index contributed by atoms with van der Waals surface area (Å²) in [7, 11) is 0. The SMILES string of the molecule is CC1OC2CC3OC(=O)C(CCC(=O)NCCCN4CC[NH2+]C4)C(C)C3CC2C1C. The number of amides is 1. The molecule has 4 fully saturated rings. The second kappa shape index (κ2) is 9.53. The zero-order valence-electron chi connectivity index (χ0n) is 18.8. The van der Waals surface area contributed by atoms with E-state index in [-0.39, 0.29) is 42.0 Å². The highest BCUT2D eigenvalue weighted by Crippen LogP contribution is 2.49. The number of nitrogens with two attached hydrogens (primary N) is 1. The number of quaternary nitrogens is 1. The first-order valence-corrected chi connectivity index (χ1v) is 12.1. The van der Waals surface area contributed by atoms with Crippen molar-refractivity contribution in [3.63, 3.8) is 0 Å². The van der Waals surface area contributed by atoms with Crippen molar-refractivity contribution in [3.8, 4) is 0 Å². The molecule has 8 unspecified atom stereocenters. The van der Waals surface area contributed by atoms with Gasteiger partial charge in [0, 0.05) is 25.9 Å². The molecule has 7 nitrogen and oxygen atoms in total. The lowest BCUT2D eigenvalue weighted by Gasteiger charge is -2.46. The van der Waals surface area contributed by atoms with Crippen molar-refractivity contribution >= 4 is 11.9 Å². The Morgan fingerprint density at radius 3 is 2.73 bits per heavy atom. The van der Waals surface area contributed by atoms with E-state index in [0.717, 1.165) is 39.0 Å². The standard InChI is InChI=1S/C23H39N3O4/c1-14-16(3)29-20-12-21-19(11-18(14)20)15(2)17(23(28)30-21)5-6-22(27)25-7-4-9-26-10-8-24-13-26/h14-21,24H,4-13H2,1-3H3,(H,25,27)/p+1. The Morgan fingerprint density at radius 1 is 1.17 bits per heavy atom. The molecule has 0 spiro atoms. The normalized spacial score (nSPS) is 41.2. The zero-order valence-corrected chi connectivity index (χ0v) is 18.8. The maximum Gasteiger partial charge on any atom is 0.309 e. The van der Waals surface area contributed by atoms with Crippen LogP contribution in [0.5, 0.6) is 0 Å². The summed E-state index contributed by atoms with van der Waals surface area (Å²) in [5, 5.41) is 5.34. The fourth-order valence-corrected chi connectivity index (χ4v) is 6.22. The molecule has 170 valence electrons. The smallest absolute Gasteiger partial charge is 0.309 e. The van der Waals surface area contributed by atoms with Crippen LogP contribution in [0.3, 0.4) is 0 Å². The van der Waals surface area contributed by atoms with Crippen molar-refractivity contribution in [1.82, 2.24) is 10.2 Å². The van der Waals surface area contributed by atoms with Gasteiger partial charge in [-0.15, -0.1) is 0 Å². The zero-order chi connectivity index (χ0) is 21.3. The summed E-state index contributed by atoms with van der Waals surface area (Å²) >= 11 is 0. The van der Waals surface area contributed by atoms with Crippen LogP contribution in [0.2, 0.25) is 0 Å².